The van der Waals surface area contributed by atoms with E-state index in [4.69, 9.17) is 0 Å². The van der Waals surface area contributed by atoms with E-state index < -0.39 is 10.0 Å². The van der Waals surface area contributed by atoms with E-state index in [2.05, 4.69) is 10.0 Å². The van der Waals surface area contributed by atoms with Crippen LogP contribution < -0.4 is 10.0 Å². The molecule has 74 valence electrons. The third-order valence-corrected chi connectivity index (χ3v) is 2.61. The van der Waals surface area contributed by atoms with E-state index in [-0.39, 0.29) is 18.4 Å². The molecular formula is C6H15ClN2O2S. The molecule has 0 aromatic rings. The molecule has 1 aliphatic rings. The van der Waals surface area contributed by atoms with Crippen molar-refractivity contribution in [3.05, 3.63) is 0 Å². The zero-order valence-electron chi connectivity index (χ0n) is 7.20. The van der Waals surface area contributed by atoms with Crippen molar-refractivity contribution in [2.24, 2.45) is 5.92 Å². The summed E-state index contributed by atoms with van der Waals surface area (Å²) in [6.45, 7) is 3.67. The molecule has 4 nitrogen and oxygen atoms in total. The smallest absolute Gasteiger partial charge is 0.209 e. The first-order chi connectivity index (χ1) is 4.99. The summed E-state index contributed by atoms with van der Waals surface area (Å²) >= 11 is 0. The predicted molar refractivity (Wildman–Crippen MR) is 51.0 cm³/mol. The number of halogens is 1. The SMILES string of the molecule is C[C@H]1CNC[C@H]1NS(C)(=O)=O.Cl. The molecule has 0 saturated carbocycles. The predicted octanol–water partition coefficient (Wildman–Crippen LogP) is -0.435. The largest absolute Gasteiger partial charge is 0.315 e. The van der Waals surface area contributed by atoms with Crippen molar-refractivity contribution in [2.75, 3.05) is 19.3 Å². The molecule has 0 bridgehead atoms. The number of nitrogens with one attached hydrogen (secondary N) is 2. The van der Waals surface area contributed by atoms with Gasteiger partial charge in [-0.05, 0) is 12.5 Å². The molecule has 2 atom stereocenters. The van der Waals surface area contributed by atoms with Gasteiger partial charge >= 0.3 is 0 Å². The summed E-state index contributed by atoms with van der Waals surface area (Å²) in [5.74, 6) is 0.393. The molecule has 2 N–H and O–H groups in total. The first kappa shape index (κ1) is 12.2. The van der Waals surface area contributed by atoms with E-state index >= 15 is 0 Å². The Kier molecular flexibility index (Phi) is 4.47. The molecule has 1 saturated heterocycles. The lowest BCUT2D eigenvalue weighted by molar-refractivity contribution is 0.505. The van der Waals surface area contributed by atoms with Crippen molar-refractivity contribution in [1.29, 1.82) is 0 Å². The lowest BCUT2D eigenvalue weighted by atomic mass is 10.1. The van der Waals surface area contributed by atoms with Crippen molar-refractivity contribution in [2.45, 2.75) is 13.0 Å². The van der Waals surface area contributed by atoms with Gasteiger partial charge in [0.2, 0.25) is 10.0 Å². The molecule has 6 heteroatoms. The summed E-state index contributed by atoms with van der Waals surface area (Å²) in [4.78, 5) is 0. The van der Waals surface area contributed by atoms with Crippen LogP contribution in [-0.4, -0.2) is 33.8 Å². The average molecular weight is 215 g/mol. The highest BCUT2D eigenvalue weighted by atomic mass is 35.5. The molecule has 0 unspecified atom stereocenters. The summed E-state index contributed by atoms with van der Waals surface area (Å²) in [6, 6.07) is 0.0741. The lowest BCUT2D eigenvalue weighted by Crippen LogP contribution is -2.38. The van der Waals surface area contributed by atoms with Gasteiger partial charge in [-0.3, -0.25) is 0 Å². The number of hydrogen-bond donors (Lipinski definition) is 2. The lowest BCUT2D eigenvalue weighted by Gasteiger charge is -2.13. The first-order valence-electron chi connectivity index (χ1n) is 3.67. The molecule has 1 aliphatic heterocycles. The molecule has 0 aromatic heterocycles. The van der Waals surface area contributed by atoms with Crippen LogP contribution in [0.25, 0.3) is 0 Å². The van der Waals surface area contributed by atoms with Gasteiger partial charge in [0.25, 0.3) is 0 Å². The van der Waals surface area contributed by atoms with Crippen LogP contribution >= 0.6 is 12.4 Å². The summed E-state index contributed by atoms with van der Waals surface area (Å²) in [7, 11) is -3.03. The Morgan fingerprint density at radius 1 is 1.42 bits per heavy atom. The Hall–Kier alpha value is 0.160. The molecule has 0 amide bonds. The standard InChI is InChI=1S/C6H14N2O2S.ClH/c1-5-3-7-4-6(5)8-11(2,9)10;/h5-8H,3-4H2,1-2H3;1H/t5-,6+;/m0./s1. The van der Waals surface area contributed by atoms with E-state index in [0.717, 1.165) is 13.1 Å². The highest BCUT2D eigenvalue weighted by molar-refractivity contribution is 7.88. The Bertz CT molecular complexity index is 230. The topological polar surface area (TPSA) is 58.2 Å². The van der Waals surface area contributed by atoms with Crippen LogP contribution in [0.5, 0.6) is 0 Å². The van der Waals surface area contributed by atoms with Crippen molar-refractivity contribution in [1.82, 2.24) is 10.0 Å². The Morgan fingerprint density at radius 3 is 2.33 bits per heavy atom. The first-order valence-corrected chi connectivity index (χ1v) is 5.56. The maximum atomic E-state index is 10.8. The minimum Gasteiger partial charge on any atom is -0.315 e. The molecule has 0 spiro atoms. The molecule has 12 heavy (non-hydrogen) atoms. The second-order valence-electron chi connectivity index (χ2n) is 3.13. The van der Waals surface area contributed by atoms with E-state index in [0.29, 0.717) is 5.92 Å². The van der Waals surface area contributed by atoms with Crippen LogP contribution in [-0.2, 0) is 10.0 Å². The van der Waals surface area contributed by atoms with Gasteiger partial charge < -0.3 is 5.32 Å². The zero-order chi connectivity index (χ0) is 8.48. The van der Waals surface area contributed by atoms with Gasteiger partial charge in [0, 0.05) is 12.6 Å². The van der Waals surface area contributed by atoms with Gasteiger partial charge in [-0.15, -0.1) is 12.4 Å². The number of hydrogen-bond acceptors (Lipinski definition) is 3. The summed E-state index contributed by atoms with van der Waals surface area (Å²) in [5, 5.41) is 3.12. The third kappa shape index (κ3) is 3.71. The maximum Gasteiger partial charge on any atom is 0.209 e. The maximum absolute atomic E-state index is 10.8. The van der Waals surface area contributed by atoms with Crippen LogP contribution in [0.15, 0.2) is 0 Å². The average Bonchev–Trinajstić information content (AvgIpc) is 2.12. The molecule has 0 radical (unpaired) electrons. The zero-order valence-corrected chi connectivity index (χ0v) is 8.83. The molecular weight excluding hydrogens is 200 g/mol. The van der Waals surface area contributed by atoms with Crippen LogP contribution in [0, 0.1) is 5.92 Å². The van der Waals surface area contributed by atoms with Crippen LogP contribution in [0.4, 0.5) is 0 Å². The van der Waals surface area contributed by atoms with Crippen LogP contribution in [0.1, 0.15) is 6.92 Å². The number of sulfonamides is 1. The monoisotopic (exact) mass is 214 g/mol. The van der Waals surface area contributed by atoms with Crippen molar-refractivity contribution in [3.63, 3.8) is 0 Å². The van der Waals surface area contributed by atoms with Crippen molar-refractivity contribution in [3.8, 4) is 0 Å². The second kappa shape index (κ2) is 4.41. The highest BCUT2D eigenvalue weighted by Gasteiger charge is 2.25. The van der Waals surface area contributed by atoms with Gasteiger partial charge in [-0.2, -0.15) is 0 Å². The van der Waals surface area contributed by atoms with Crippen molar-refractivity contribution >= 4 is 22.4 Å². The fraction of sp³-hybridized carbons (Fsp3) is 1.00. The van der Waals surface area contributed by atoms with E-state index in [1.165, 1.54) is 6.26 Å². The summed E-state index contributed by atoms with van der Waals surface area (Å²) in [6.07, 6.45) is 1.19. The molecule has 0 aliphatic carbocycles. The van der Waals surface area contributed by atoms with Crippen LogP contribution in [0.3, 0.4) is 0 Å². The van der Waals surface area contributed by atoms with Gasteiger partial charge in [0.05, 0.1) is 6.26 Å². The van der Waals surface area contributed by atoms with Gasteiger partial charge in [0.1, 0.15) is 0 Å². The minimum absolute atomic E-state index is 0. The van der Waals surface area contributed by atoms with E-state index in [1.54, 1.807) is 0 Å². The van der Waals surface area contributed by atoms with Crippen LogP contribution in [0.2, 0.25) is 0 Å². The van der Waals surface area contributed by atoms with Gasteiger partial charge in [-0.25, -0.2) is 13.1 Å². The van der Waals surface area contributed by atoms with E-state index in [1.807, 2.05) is 6.92 Å². The normalized spacial score (nSPS) is 29.8. The Balaban J connectivity index is 0.00000121. The quantitative estimate of drug-likeness (QED) is 0.656. The summed E-state index contributed by atoms with van der Waals surface area (Å²) < 4.78 is 24.2. The fourth-order valence-corrected chi connectivity index (χ4v) is 2.11. The number of rotatable bonds is 2. The minimum atomic E-state index is -3.03. The molecule has 0 aromatic carbocycles. The Morgan fingerprint density at radius 2 is 2.00 bits per heavy atom. The second-order valence-corrected chi connectivity index (χ2v) is 4.91. The van der Waals surface area contributed by atoms with E-state index in [9.17, 15) is 8.42 Å². The van der Waals surface area contributed by atoms with Gasteiger partial charge in [0.15, 0.2) is 0 Å². The molecule has 1 heterocycles. The van der Waals surface area contributed by atoms with Gasteiger partial charge in [-0.1, -0.05) is 6.92 Å². The molecule has 1 fully saturated rings. The highest BCUT2D eigenvalue weighted by Crippen LogP contribution is 2.07. The third-order valence-electron chi connectivity index (χ3n) is 1.88. The fourth-order valence-electron chi connectivity index (χ4n) is 1.24. The summed E-state index contributed by atoms with van der Waals surface area (Å²) in [5.41, 5.74) is 0. The molecule has 1 rings (SSSR count). The van der Waals surface area contributed by atoms with Crippen molar-refractivity contribution < 1.29 is 8.42 Å². The Labute approximate surface area is 79.6 Å².